The van der Waals surface area contributed by atoms with Gasteiger partial charge in [0.2, 0.25) is 5.89 Å². The molecule has 1 aromatic heterocycles. The van der Waals surface area contributed by atoms with E-state index < -0.39 is 0 Å². The first kappa shape index (κ1) is 25.8. The third-order valence-corrected chi connectivity index (χ3v) is 8.09. The molecule has 0 bridgehead atoms. The maximum Gasteiger partial charge on any atom is 0.227 e. The predicted molar refractivity (Wildman–Crippen MR) is 183 cm³/mol. The number of rotatable bonds is 6. The first-order valence-corrected chi connectivity index (χ1v) is 14.8. The summed E-state index contributed by atoms with van der Waals surface area (Å²) in [5.74, 6) is 0.626. The topological polar surface area (TPSA) is 29.3 Å². The lowest BCUT2D eigenvalue weighted by Crippen LogP contribution is -2.09. The van der Waals surface area contributed by atoms with Crippen molar-refractivity contribution in [2.24, 2.45) is 0 Å². The molecule has 0 atom stereocenters. The molecule has 1 heterocycles. The molecule has 0 N–H and O–H groups in total. The standard InChI is InChI=1S/C41H28N2O/c1-3-13-31(14-4-1)41-42-39-23-11-22-38(40(39)44-41)32-16-9-19-35(28-32)43(33-17-5-2-6-18-33)34-26-24-30(25-27-34)37-21-10-15-29-12-7-8-20-36(29)37/h1-28H. The summed E-state index contributed by atoms with van der Waals surface area (Å²) in [6.45, 7) is 0. The van der Waals surface area contributed by atoms with Gasteiger partial charge >= 0.3 is 0 Å². The van der Waals surface area contributed by atoms with Crippen molar-refractivity contribution in [3.05, 3.63) is 170 Å². The molecule has 0 aliphatic heterocycles. The van der Waals surface area contributed by atoms with Crippen molar-refractivity contribution in [1.29, 1.82) is 0 Å². The smallest absolute Gasteiger partial charge is 0.227 e. The summed E-state index contributed by atoms with van der Waals surface area (Å²) < 4.78 is 6.37. The summed E-state index contributed by atoms with van der Waals surface area (Å²) >= 11 is 0. The Morgan fingerprint density at radius 3 is 1.89 bits per heavy atom. The molecule has 0 fully saturated rings. The second kappa shape index (κ2) is 11.0. The highest BCUT2D eigenvalue weighted by Crippen LogP contribution is 2.39. The first-order valence-electron chi connectivity index (χ1n) is 14.8. The minimum absolute atomic E-state index is 0.626. The van der Waals surface area contributed by atoms with Crippen molar-refractivity contribution in [2.45, 2.75) is 0 Å². The summed E-state index contributed by atoms with van der Waals surface area (Å²) in [5.41, 5.74) is 10.3. The zero-order chi connectivity index (χ0) is 29.3. The van der Waals surface area contributed by atoms with E-state index in [0.29, 0.717) is 5.89 Å². The van der Waals surface area contributed by atoms with E-state index in [9.17, 15) is 0 Å². The fourth-order valence-electron chi connectivity index (χ4n) is 5.98. The average Bonchev–Trinajstić information content (AvgIpc) is 3.55. The van der Waals surface area contributed by atoms with E-state index in [1.807, 2.05) is 42.5 Å². The normalized spacial score (nSPS) is 11.2. The third-order valence-electron chi connectivity index (χ3n) is 8.09. The Bertz CT molecular complexity index is 2210. The molecular weight excluding hydrogens is 536 g/mol. The second-order valence-electron chi connectivity index (χ2n) is 10.8. The van der Waals surface area contributed by atoms with Crippen molar-refractivity contribution in [3.8, 4) is 33.7 Å². The highest BCUT2D eigenvalue weighted by atomic mass is 16.3. The molecule has 0 aliphatic rings. The van der Waals surface area contributed by atoms with E-state index in [1.54, 1.807) is 0 Å². The Hall–Kier alpha value is -5.93. The second-order valence-corrected chi connectivity index (χ2v) is 10.8. The zero-order valence-corrected chi connectivity index (χ0v) is 24.0. The Labute approximate surface area is 256 Å². The molecule has 0 saturated heterocycles. The van der Waals surface area contributed by atoms with Crippen LogP contribution in [0.3, 0.4) is 0 Å². The lowest BCUT2D eigenvalue weighted by Gasteiger charge is -2.26. The molecule has 0 amide bonds. The predicted octanol–water partition coefficient (Wildman–Crippen LogP) is 11.5. The van der Waals surface area contributed by atoms with Crippen LogP contribution in [0.5, 0.6) is 0 Å². The van der Waals surface area contributed by atoms with Crippen molar-refractivity contribution in [2.75, 3.05) is 4.90 Å². The van der Waals surface area contributed by atoms with Gasteiger partial charge in [-0.1, -0.05) is 115 Å². The monoisotopic (exact) mass is 564 g/mol. The summed E-state index contributed by atoms with van der Waals surface area (Å²) in [4.78, 5) is 7.09. The summed E-state index contributed by atoms with van der Waals surface area (Å²) in [5, 5.41) is 2.50. The molecule has 0 spiro atoms. The van der Waals surface area contributed by atoms with Crippen LogP contribution in [0.2, 0.25) is 0 Å². The Kier molecular flexibility index (Phi) is 6.47. The number of nitrogens with zero attached hydrogens (tertiary/aromatic N) is 2. The Morgan fingerprint density at radius 2 is 1.05 bits per heavy atom. The molecule has 208 valence electrons. The number of benzene rings is 7. The maximum absolute atomic E-state index is 6.37. The molecular formula is C41H28N2O. The van der Waals surface area contributed by atoms with Crippen LogP contribution in [0.25, 0.3) is 55.6 Å². The van der Waals surface area contributed by atoms with Crippen molar-refractivity contribution < 1.29 is 4.42 Å². The van der Waals surface area contributed by atoms with Crippen LogP contribution in [0.4, 0.5) is 17.1 Å². The van der Waals surface area contributed by atoms with Crippen molar-refractivity contribution >= 4 is 38.9 Å². The third kappa shape index (κ3) is 4.71. The number of aromatic nitrogens is 1. The van der Waals surface area contributed by atoms with Crippen LogP contribution in [0.15, 0.2) is 174 Å². The molecule has 3 heteroatoms. The minimum atomic E-state index is 0.626. The summed E-state index contributed by atoms with van der Waals surface area (Å²) in [7, 11) is 0. The Balaban J connectivity index is 1.21. The van der Waals surface area contributed by atoms with Gasteiger partial charge in [0.25, 0.3) is 0 Å². The van der Waals surface area contributed by atoms with Crippen molar-refractivity contribution in [1.82, 2.24) is 4.98 Å². The van der Waals surface area contributed by atoms with Crippen LogP contribution in [0.1, 0.15) is 0 Å². The van der Waals surface area contributed by atoms with E-state index in [2.05, 4.69) is 132 Å². The van der Waals surface area contributed by atoms with E-state index in [4.69, 9.17) is 9.40 Å². The maximum atomic E-state index is 6.37. The number of hydrogen-bond donors (Lipinski definition) is 0. The van der Waals surface area contributed by atoms with Crippen LogP contribution in [-0.4, -0.2) is 4.98 Å². The van der Waals surface area contributed by atoms with Crippen LogP contribution < -0.4 is 4.90 Å². The van der Waals surface area contributed by atoms with E-state index in [0.717, 1.165) is 44.9 Å². The molecule has 0 aliphatic carbocycles. The van der Waals surface area contributed by atoms with Gasteiger partial charge in [0.1, 0.15) is 5.52 Å². The van der Waals surface area contributed by atoms with E-state index in [1.165, 1.54) is 21.9 Å². The molecule has 0 radical (unpaired) electrons. The largest absolute Gasteiger partial charge is 0.435 e. The van der Waals surface area contributed by atoms with Crippen LogP contribution in [-0.2, 0) is 0 Å². The number of fused-ring (bicyclic) bond motifs is 2. The molecule has 0 saturated carbocycles. The fourth-order valence-corrected chi connectivity index (χ4v) is 5.98. The van der Waals surface area contributed by atoms with Crippen molar-refractivity contribution in [3.63, 3.8) is 0 Å². The molecule has 7 aromatic carbocycles. The number of para-hydroxylation sites is 2. The number of anilines is 3. The Morgan fingerprint density at radius 1 is 0.432 bits per heavy atom. The minimum Gasteiger partial charge on any atom is -0.435 e. The molecule has 8 aromatic rings. The number of hydrogen-bond acceptors (Lipinski definition) is 3. The fraction of sp³-hybridized carbons (Fsp3) is 0. The van der Waals surface area contributed by atoms with Crippen LogP contribution in [0, 0.1) is 0 Å². The molecule has 44 heavy (non-hydrogen) atoms. The van der Waals surface area contributed by atoms with Gasteiger partial charge in [0, 0.05) is 28.2 Å². The summed E-state index contributed by atoms with van der Waals surface area (Å²) in [6.07, 6.45) is 0. The van der Waals surface area contributed by atoms with Gasteiger partial charge in [0.15, 0.2) is 5.58 Å². The van der Waals surface area contributed by atoms with Gasteiger partial charge in [0.05, 0.1) is 0 Å². The summed E-state index contributed by atoms with van der Waals surface area (Å²) in [6, 6.07) is 59.2. The van der Waals surface area contributed by atoms with Gasteiger partial charge in [-0.25, -0.2) is 4.98 Å². The van der Waals surface area contributed by atoms with E-state index in [-0.39, 0.29) is 0 Å². The molecule has 0 unspecified atom stereocenters. The van der Waals surface area contributed by atoms with E-state index >= 15 is 0 Å². The zero-order valence-electron chi connectivity index (χ0n) is 24.0. The quantitative estimate of drug-likeness (QED) is 0.201. The highest BCUT2D eigenvalue weighted by Gasteiger charge is 2.17. The molecule has 3 nitrogen and oxygen atoms in total. The van der Waals surface area contributed by atoms with Gasteiger partial charge in [-0.15, -0.1) is 0 Å². The SMILES string of the molecule is c1ccc(-c2nc3cccc(-c4cccc(N(c5ccccc5)c5ccc(-c6cccc7ccccc67)cc5)c4)c3o2)cc1. The highest BCUT2D eigenvalue weighted by molar-refractivity contribution is 5.97. The lowest BCUT2D eigenvalue weighted by atomic mass is 9.98. The average molecular weight is 565 g/mol. The van der Waals surface area contributed by atoms with Crippen LogP contribution >= 0.6 is 0 Å². The number of oxazole rings is 1. The lowest BCUT2D eigenvalue weighted by molar-refractivity contribution is 0.621. The molecule has 8 rings (SSSR count). The van der Waals surface area contributed by atoms with Gasteiger partial charge < -0.3 is 9.32 Å². The van der Waals surface area contributed by atoms with Gasteiger partial charge in [-0.3, -0.25) is 0 Å². The first-order chi connectivity index (χ1) is 21.8. The van der Waals surface area contributed by atoms with Gasteiger partial charge in [-0.2, -0.15) is 0 Å². The van der Waals surface area contributed by atoms with Gasteiger partial charge in [-0.05, 0) is 82.1 Å².